The van der Waals surface area contributed by atoms with E-state index in [0.717, 1.165) is 31.6 Å². The monoisotopic (exact) mass is 270 g/mol. The van der Waals surface area contributed by atoms with Crippen molar-refractivity contribution in [2.24, 2.45) is 0 Å². The maximum Gasteiger partial charge on any atom is 0.417 e. The van der Waals surface area contributed by atoms with Crippen LogP contribution < -0.4 is 5.32 Å². The molecular weight excluding hydrogens is 253 g/mol. The SMILES string of the molecule is C#CCCCC(NCC)c1ccc(C(F)(F)F)cn1. The van der Waals surface area contributed by atoms with E-state index in [9.17, 15) is 13.2 Å². The Morgan fingerprint density at radius 3 is 2.63 bits per heavy atom. The highest BCUT2D eigenvalue weighted by molar-refractivity contribution is 5.19. The first-order valence-corrected chi connectivity index (χ1v) is 6.19. The summed E-state index contributed by atoms with van der Waals surface area (Å²) in [6.07, 6.45) is 3.95. The maximum atomic E-state index is 12.4. The van der Waals surface area contributed by atoms with Gasteiger partial charge in [-0.25, -0.2) is 0 Å². The van der Waals surface area contributed by atoms with Crippen molar-refractivity contribution in [1.29, 1.82) is 0 Å². The Morgan fingerprint density at radius 2 is 2.16 bits per heavy atom. The molecule has 1 heterocycles. The molecule has 0 aromatic carbocycles. The molecule has 19 heavy (non-hydrogen) atoms. The number of pyridine rings is 1. The van der Waals surface area contributed by atoms with Gasteiger partial charge < -0.3 is 5.32 Å². The molecule has 1 atom stereocenters. The number of aromatic nitrogens is 1. The molecule has 0 fully saturated rings. The highest BCUT2D eigenvalue weighted by Crippen LogP contribution is 2.29. The Labute approximate surface area is 111 Å². The lowest BCUT2D eigenvalue weighted by atomic mass is 10.1. The Morgan fingerprint density at radius 1 is 1.42 bits per heavy atom. The molecule has 1 unspecified atom stereocenters. The average molecular weight is 270 g/mol. The summed E-state index contributed by atoms with van der Waals surface area (Å²) in [5, 5.41) is 3.20. The summed E-state index contributed by atoms with van der Waals surface area (Å²) < 4.78 is 37.3. The average Bonchev–Trinajstić information content (AvgIpc) is 2.37. The van der Waals surface area contributed by atoms with E-state index in [1.54, 1.807) is 0 Å². The van der Waals surface area contributed by atoms with Gasteiger partial charge in [0, 0.05) is 18.7 Å². The lowest BCUT2D eigenvalue weighted by Crippen LogP contribution is -2.22. The van der Waals surface area contributed by atoms with Crippen LogP contribution in [0.15, 0.2) is 18.3 Å². The van der Waals surface area contributed by atoms with Crippen molar-refractivity contribution in [2.45, 2.75) is 38.4 Å². The Balaban J connectivity index is 2.77. The molecule has 0 aliphatic carbocycles. The van der Waals surface area contributed by atoms with Gasteiger partial charge in [-0.1, -0.05) is 6.92 Å². The normalized spacial score (nSPS) is 13.0. The summed E-state index contributed by atoms with van der Waals surface area (Å²) >= 11 is 0. The number of rotatable bonds is 6. The zero-order chi connectivity index (χ0) is 14.3. The van der Waals surface area contributed by atoms with Gasteiger partial charge in [0.15, 0.2) is 0 Å². The van der Waals surface area contributed by atoms with Gasteiger partial charge in [-0.2, -0.15) is 13.2 Å². The van der Waals surface area contributed by atoms with Crippen LogP contribution in [0.25, 0.3) is 0 Å². The first kappa shape index (κ1) is 15.5. The standard InChI is InChI=1S/C14H17F3N2/c1-3-5-6-7-12(18-4-2)13-9-8-11(10-19-13)14(15,16)17/h1,8-10,12,18H,4-7H2,2H3. The van der Waals surface area contributed by atoms with Crippen molar-refractivity contribution in [1.82, 2.24) is 10.3 Å². The predicted octanol–water partition coefficient (Wildman–Crippen LogP) is 3.55. The molecule has 0 radical (unpaired) electrons. The van der Waals surface area contributed by atoms with Gasteiger partial charge >= 0.3 is 6.18 Å². The van der Waals surface area contributed by atoms with Crippen LogP contribution in [0.4, 0.5) is 13.2 Å². The quantitative estimate of drug-likeness (QED) is 0.631. The molecule has 0 aliphatic heterocycles. The third kappa shape index (κ3) is 4.92. The van der Waals surface area contributed by atoms with Gasteiger partial charge in [-0.05, 0) is 31.5 Å². The summed E-state index contributed by atoms with van der Waals surface area (Å²) in [4.78, 5) is 3.91. The van der Waals surface area contributed by atoms with E-state index in [4.69, 9.17) is 6.42 Å². The third-order valence-electron chi connectivity index (χ3n) is 2.74. The first-order valence-electron chi connectivity index (χ1n) is 6.19. The highest BCUT2D eigenvalue weighted by atomic mass is 19.4. The second kappa shape index (κ2) is 7.15. The number of unbranched alkanes of at least 4 members (excludes halogenated alkanes) is 1. The molecule has 1 aromatic rings. The fraction of sp³-hybridized carbons (Fsp3) is 0.500. The fourth-order valence-electron chi connectivity index (χ4n) is 1.79. The van der Waals surface area contributed by atoms with Gasteiger partial charge in [0.05, 0.1) is 11.3 Å². The van der Waals surface area contributed by atoms with Crippen molar-refractivity contribution >= 4 is 0 Å². The highest BCUT2D eigenvalue weighted by Gasteiger charge is 2.30. The number of hydrogen-bond donors (Lipinski definition) is 1. The third-order valence-corrected chi connectivity index (χ3v) is 2.74. The molecule has 0 aliphatic rings. The van der Waals surface area contributed by atoms with Gasteiger partial charge in [0.25, 0.3) is 0 Å². The minimum absolute atomic E-state index is 0.0550. The van der Waals surface area contributed by atoms with Crippen molar-refractivity contribution in [3.63, 3.8) is 0 Å². The number of nitrogens with zero attached hydrogens (tertiary/aromatic N) is 1. The molecule has 0 saturated heterocycles. The van der Waals surface area contributed by atoms with Crippen LogP contribution in [0.3, 0.4) is 0 Å². The van der Waals surface area contributed by atoms with Crippen LogP contribution in [0, 0.1) is 12.3 Å². The van der Waals surface area contributed by atoms with Crippen molar-refractivity contribution in [3.05, 3.63) is 29.6 Å². The number of alkyl halides is 3. The number of terminal acetylenes is 1. The van der Waals surface area contributed by atoms with E-state index in [2.05, 4.69) is 16.2 Å². The van der Waals surface area contributed by atoms with Crippen molar-refractivity contribution in [2.75, 3.05) is 6.54 Å². The summed E-state index contributed by atoms with van der Waals surface area (Å²) in [6, 6.07) is 2.43. The fourth-order valence-corrected chi connectivity index (χ4v) is 1.79. The maximum absolute atomic E-state index is 12.4. The molecule has 104 valence electrons. The summed E-state index contributed by atoms with van der Waals surface area (Å²) in [7, 11) is 0. The molecule has 0 amide bonds. The van der Waals surface area contributed by atoms with Gasteiger partial charge in [-0.3, -0.25) is 4.98 Å². The zero-order valence-electron chi connectivity index (χ0n) is 10.8. The Kier molecular flexibility index (Phi) is 5.84. The van der Waals surface area contributed by atoms with Gasteiger partial charge in [0.2, 0.25) is 0 Å². The van der Waals surface area contributed by atoms with Crippen LogP contribution >= 0.6 is 0 Å². The van der Waals surface area contributed by atoms with E-state index >= 15 is 0 Å². The Hall–Kier alpha value is -1.54. The summed E-state index contributed by atoms with van der Waals surface area (Å²) in [5.41, 5.74) is -0.109. The molecule has 1 rings (SSSR count). The first-order chi connectivity index (χ1) is 8.99. The van der Waals surface area contributed by atoms with E-state index in [1.165, 1.54) is 6.07 Å². The lowest BCUT2D eigenvalue weighted by Gasteiger charge is -2.17. The van der Waals surface area contributed by atoms with Crippen molar-refractivity contribution in [3.8, 4) is 12.3 Å². The van der Waals surface area contributed by atoms with Crippen LogP contribution in [0.2, 0.25) is 0 Å². The van der Waals surface area contributed by atoms with Crippen LogP contribution in [0.1, 0.15) is 43.5 Å². The molecule has 0 spiro atoms. The Bertz CT molecular complexity index is 418. The minimum atomic E-state index is -4.34. The lowest BCUT2D eigenvalue weighted by molar-refractivity contribution is -0.137. The van der Waals surface area contributed by atoms with Crippen LogP contribution in [0.5, 0.6) is 0 Å². The van der Waals surface area contributed by atoms with Crippen LogP contribution in [-0.4, -0.2) is 11.5 Å². The molecule has 2 nitrogen and oxygen atoms in total. The number of hydrogen-bond acceptors (Lipinski definition) is 2. The second-order valence-corrected chi connectivity index (χ2v) is 4.18. The molecular formula is C14H17F3N2. The van der Waals surface area contributed by atoms with Gasteiger partial charge in [0.1, 0.15) is 0 Å². The molecule has 0 bridgehead atoms. The topological polar surface area (TPSA) is 24.9 Å². The second-order valence-electron chi connectivity index (χ2n) is 4.18. The van der Waals surface area contributed by atoms with Crippen molar-refractivity contribution < 1.29 is 13.2 Å². The zero-order valence-corrected chi connectivity index (χ0v) is 10.8. The predicted molar refractivity (Wildman–Crippen MR) is 68.3 cm³/mol. The molecule has 0 saturated carbocycles. The molecule has 1 N–H and O–H groups in total. The van der Waals surface area contributed by atoms with E-state index in [-0.39, 0.29) is 6.04 Å². The summed E-state index contributed by atoms with van der Waals surface area (Å²) in [5.74, 6) is 2.55. The minimum Gasteiger partial charge on any atom is -0.309 e. The molecule has 5 heteroatoms. The van der Waals surface area contributed by atoms with E-state index in [0.29, 0.717) is 12.1 Å². The largest absolute Gasteiger partial charge is 0.417 e. The van der Waals surface area contributed by atoms with Crippen LogP contribution in [-0.2, 0) is 6.18 Å². The number of nitrogens with one attached hydrogen (secondary N) is 1. The van der Waals surface area contributed by atoms with Gasteiger partial charge in [-0.15, -0.1) is 12.3 Å². The molecule has 1 aromatic heterocycles. The smallest absolute Gasteiger partial charge is 0.309 e. The van der Waals surface area contributed by atoms with E-state index in [1.807, 2.05) is 6.92 Å². The summed E-state index contributed by atoms with van der Waals surface area (Å²) in [6.45, 7) is 2.67. The van der Waals surface area contributed by atoms with E-state index < -0.39 is 11.7 Å². The number of halogens is 3.